The maximum atomic E-state index is 11.9. The predicted octanol–water partition coefficient (Wildman–Crippen LogP) is 2.34. The highest BCUT2D eigenvalue weighted by Gasteiger charge is 2.12. The first-order chi connectivity index (χ1) is 12.5. The summed E-state index contributed by atoms with van der Waals surface area (Å²) < 4.78 is 6.83. The number of nitrogens with zero attached hydrogens (tertiary/aromatic N) is 2. The number of aromatic amines is 1. The highest BCUT2D eigenvalue weighted by Crippen LogP contribution is 2.26. The lowest BCUT2D eigenvalue weighted by Crippen LogP contribution is -2.17. The van der Waals surface area contributed by atoms with Crippen LogP contribution < -0.4 is 16.6 Å². The van der Waals surface area contributed by atoms with Crippen LogP contribution in [0.4, 0.5) is 5.69 Å². The molecule has 0 fully saturated rings. The molecule has 0 unspecified atom stereocenters. The monoisotopic (exact) mass is 374 g/mol. The van der Waals surface area contributed by atoms with Crippen LogP contribution in [0.25, 0.3) is 11.0 Å². The van der Waals surface area contributed by atoms with Crippen molar-refractivity contribution in [1.82, 2.24) is 14.8 Å². The number of carbonyl (C=O) groups is 1. The molecular weight excluding hydrogens is 356 g/mol. The number of benzene rings is 1. The molecule has 2 heterocycles. The van der Waals surface area contributed by atoms with Gasteiger partial charge in [0, 0.05) is 42.4 Å². The number of H-pyrrole nitrogens is 1. The molecule has 26 heavy (non-hydrogen) atoms. The highest BCUT2D eigenvalue weighted by atomic mass is 32.2. The van der Waals surface area contributed by atoms with Crippen molar-refractivity contribution in [3.63, 3.8) is 0 Å². The molecule has 2 aromatic heterocycles. The van der Waals surface area contributed by atoms with Gasteiger partial charge in [0.1, 0.15) is 5.58 Å². The Morgan fingerprint density at radius 3 is 2.88 bits per heavy atom. The molecule has 2 N–H and O–H groups in total. The molecule has 0 aliphatic rings. The summed E-state index contributed by atoms with van der Waals surface area (Å²) in [4.78, 5) is 34.8. The quantitative estimate of drug-likeness (QED) is 0.506. The number of anilines is 1. The van der Waals surface area contributed by atoms with Gasteiger partial charge in [-0.25, -0.2) is 14.7 Å². The number of fused-ring (bicyclic) bond motifs is 1. The summed E-state index contributed by atoms with van der Waals surface area (Å²) >= 11 is 1.37. The van der Waals surface area contributed by atoms with E-state index < -0.39 is 5.63 Å². The van der Waals surface area contributed by atoms with Gasteiger partial charge in [-0.1, -0.05) is 18.7 Å². The minimum atomic E-state index is -0.471. The topological polar surface area (TPSA) is 110 Å². The van der Waals surface area contributed by atoms with Crippen LogP contribution in [-0.2, 0) is 17.1 Å². The Bertz CT molecular complexity index is 1070. The highest BCUT2D eigenvalue weighted by molar-refractivity contribution is 7.98. The third-order valence-electron chi connectivity index (χ3n) is 3.68. The summed E-state index contributed by atoms with van der Waals surface area (Å²) in [6, 6.07) is 6.60. The molecule has 0 atom stereocenters. The van der Waals surface area contributed by atoms with Gasteiger partial charge in [0.2, 0.25) is 5.91 Å². The zero-order valence-corrected chi connectivity index (χ0v) is 15.2. The third-order valence-corrected chi connectivity index (χ3v) is 4.70. The minimum absolute atomic E-state index is 0.203. The van der Waals surface area contributed by atoms with E-state index in [-0.39, 0.29) is 11.6 Å². The van der Waals surface area contributed by atoms with Gasteiger partial charge in [0.15, 0.2) is 5.16 Å². The second-order valence-electron chi connectivity index (χ2n) is 5.73. The fraction of sp³-hybridized carbons (Fsp3) is 0.294. The van der Waals surface area contributed by atoms with Crippen molar-refractivity contribution < 1.29 is 9.21 Å². The first kappa shape index (κ1) is 18.0. The molecule has 3 aromatic rings. The van der Waals surface area contributed by atoms with E-state index in [0.29, 0.717) is 28.7 Å². The van der Waals surface area contributed by atoms with E-state index >= 15 is 0 Å². The van der Waals surface area contributed by atoms with Crippen molar-refractivity contribution in [2.45, 2.75) is 37.7 Å². The molecule has 8 nitrogen and oxygen atoms in total. The van der Waals surface area contributed by atoms with Crippen LogP contribution in [-0.4, -0.2) is 20.7 Å². The van der Waals surface area contributed by atoms with E-state index in [4.69, 9.17) is 4.42 Å². The molecule has 0 aliphatic carbocycles. The lowest BCUT2D eigenvalue weighted by molar-refractivity contribution is -0.114. The smallest absolute Gasteiger partial charge is 0.343 e. The molecule has 0 bridgehead atoms. The molecule has 0 aliphatic heterocycles. The lowest BCUT2D eigenvalue weighted by atomic mass is 10.1. The second kappa shape index (κ2) is 7.61. The average Bonchev–Trinajstić information content (AvgIpc) is 2.92. The Hall–Kier alpha value is -2.81. The molecule has 0 saturated heterocycles. The number of carbonyl (C=O) groups excluding carboxylic acids is 1. The summed E-state index contributed by atoms with van der Waals surface area (Å²) in [5, 5.41) is 10.5. The van der Waals surface area contributed by atoms with Crippen LogP contribution in [0.15, 0.2) is 43.4 Å². The largest absolute Gasteiger partial charge is 0.423 e. The van der Waals surface area contributed by atoms with Crippen LogP contribution in [0.1, 0.15) is 25.8 Å². The lowest BCUT2D eigenvalue weighted by Gasteiger charge is -2.08. The number of hydrogen-bond acceptors (Lipinski definition) is 6. The Kier molecular flexibility index (Phi) is 5.27. The van der Waals surface area contributed by atoms with E-state index in [9.17, 15) is 14.4 Å². The fourth-order valence-corrected chi connectivity index (χ4v) is 3.57. The van der Waals surface area contributed by atoms with Crippen molar-refractivity contribution >= 4 is 34.3 Å². The van der Waals surface area contributed by atoms with Gasteiger partial charge in [-0.2, -0.15) is 0 Å². The first-order valence-electron chi connectivity index (χ1n) is 8.10. The van der Waals surface area contributed by atoms with Gasteiger partial charge >= 0.3 is 11.3 Å². The molecular formula is C17H18N4O4S. The Labute approximate surface area is 152 Å². The summed E-state index contributed by atoms with van der Waals surface area (Å²) in [5.41, 5.74) is 1.01. The number of nitrogens with one attached hydrogen (secondary N) is 2. The molecule has 136 valence electrons. The molecule has 0 saturated carbocycles. The van der Waals surface area contributed by atoms with Crippen molar-refractivity contribution in [3.05, 3.63) is 50.7 Å². The normalized spacial score (nSPS) is 11.0. The van der Waals surface area contributed by atoms with Crippen molar-refractivity contribution in [3.8, 4) is 0 Å². The molecule has 1 aromatic carbocycles. The molecule has 9 heteroatoms. The third kappa shape index (κ3) is 3.88. The first-order valence-corrected chi connectivity index (χ1v) is 9.09. The summed E-state index contributed by atoms with van der Waals surface area (Å²) in [7, 11) is 0. The SMILES string of the molecule is CCCn1c(SCc2cc(=O)oc3cc(NC(C)=O)ccc23)n[nH]c1=O. The van der Waals surface area contributed by atoms with Crippen LogP contribution in [0.3, 0.4) is 0 Å². The van der Waals surface area contributed by atoms with Crippen molar-refractivity contribution in [2.75, 3.05) is 5.32 Å². The van der Waals surface area contributed by atoms with Gasteiger partial charge < -0.3 is 9.73 Å². The van der Waals surface area contributed by atoms with E-state index in [1.807, 2.05) is 6.92 Å². The number of amides is 1. The number of thioether (sulfide) groups is 1. The maximum absolute atomic E-state index is 11.9. The van der Waals surface area contributed by atoms with Crippen molar-refractivity contribution in [1.29, 1.82) is 0 Å². The molecule has 1 amide bonds. The van der Waals surface area contributed by atoms with E-state index in [1.165, 1.54) is 24.8 Å². The Morgan fingerprint density at radius 2 is 2.15 bits per heavy atom. The molecule has 0 spiro atoms. The van der Waals surface area contributed by atoms with Crippen LogP contribution in [0.2, 0.25) is 0 Å². The van der Waals surface area contributed by atoms with E-state index in [0.717, 1.165) is 17.4 Å². The number of rotatable bonds is 6. The van der Waals surface area contributed by atoms with E-state index in [1.54, 1.807) is 22.8 Å². The predicted molar refractivity (Wildman–Crippen MR) is 99.5 cm³/mol. The van der Waals surface area contributed by atoms with Crippen LogP contribution in [0.5, 0.6) is 0 Å². The van der Waals surface area contributed by atoms with Crippen molar-refractivity contribution in [2.24, 2.45) is 0 Å². The van der Waals surface area contributed by atoms with Gasteiger partial charge in [-0.05, 0) is 24.1 Å². The summed E-state index contributed by atoms with van der Waals surface area (Å²) in [6.45, 7) is 3.97. The van der Waals surface area contributed by atoms with Gasteiger partial charge in [0.05, 0.1) is 0 Å². The maximum Gasteiger partial charge on any atom is 0.343 e. The number of hydrogen-bond donors (Lipinski definition) is 2. The van der Waals surface area contributed by atoms with E-state index in [2.05, 4.69) is 15.5 Å². The number of aromatic nitrogens is 3. The van der Waals surface area contributed by atoms with Gasteiger partial charge in [-0.3, -0.25) is 9.36 Å². The Morgan fingerprint density at radius 1 is 1.35 bits per heavy atom. The fourth-order valence-electron chi connectivity index (χ4n) is 2.61. The summed E-state index contributed by atoms with van der Waals surface area (Å²) in [6.07, 6.45) is 0.816. The van der Waals surface area contributed by atoms with Gasteiger partial charge in [0.25, 0.3) is 0 Å². The minimum Gasteiger partial charge on any atom is -0.423 e. The van der Waals surface area contributed by atoms with Crippen LogP contribution in [0, 0.1) is 0 Å². The van der Waals surface area contributed by atoms with Gasteiger partial charge in [-0.15, -0.1) is 5.10 Å². The zero-order chi connectivity index (χ0) is 18.7. The average molecular weight is 374 g/mol. The van der Waals surface area contributed by atoms with Crippen LogP contribution >= 0.6 is 11.8 Å². The Balaban J connectivity index is 1.91. The second-order valence-corrected chi connectivity index (χ2v) is 6.68. The molecule has 0 radical (unpaired) electrons. The molecule has 3 rings (SSSR count). The standard InChI is InChI=1S/C17H18N4O4S/c1-3-6-21-16(24)19-20-17(21)26-9-11-7-15(23)25-14-8-12(18-10(2)22)4-5-13(11)14/h4-5,7-8H,3,6,9H2,1-2H3,(H,18,22)(H,19,24). The summed E-state index contributed by atoms with van der Waals surface area (Å²) in [5.74, 6) is 0.251. The zero-order valence-electron chi connectivity index (χ0n) is 14.4.